The lowest BCUT2D eigenvalue weighted by molar-refractivity contribution is 0.312. The Balaban J connectivity index is 1.52. The van der Waals surface area contributed by atoms with Gasteiger partial charge in [-0.25, -0.2) is 13.1 Å². The number of sulfonamides is 1. The van der Waals surface area contributed by atoms with Crippen LogP contribution in [-0.4, -0.2) is 61.3 Å². The zero-order chi connectivity index (χ0) is 25.2. The van der Waals surface area contributed by atoms with Crippen LogP contribution < -0.4 is 14.4 Å². The van der Waals surface area contributed by atoms with Gasteiger partial charge in [-0.15, -0.1) is 5.10 Å². The summed E-state index contributed by atoms with van der Waals surface area (Å²) in [4.78, 5) is 4.56. The molecule has 4 rings (SSSR count). The summed E-state index contributed by atoms with van der Waals surface area (Å²) in [6.45, 7) is 8.01. The van der Waals surface area contributed by atoms with Gasteiger partial charge in [0.25, 0.3) is 0 Å². The highest BCUT2D eigenvalue weighted by molar-refractivity contribution is 7.89. The van der Waals surface area contributed by atoms with Crippen LogP contribution in [0.4, 0.5) is 5.69 Å². The van der Waals surface area contributed by atoms with Crippen molar-refractivity contribution in [1.82, 2.24) is 24.4 Å². The van der Waals surface area contributed by atoms with Gasteiger partial charge in [-0.2, -0.15) is 0 Å². The predicted molar refractivity (Wildman–Crippen MR) is 137 cm³/mol. The van der Waals surface area contributed by atoms with E-state index < -0.39 is 16.1 Å². The van der Waals surface area contributed by atoms with Crippen LogP contribution in [0, 0.1) is 0 Å². The first-order chi connectivity index (χ1) is 16.7. The van der Waals surface area contributed by atoms with E-state index in [0.29, 0.717) is 23.1 Å². The fourth-order valence-electron chi connectivity index (χ4n) is 3.95. The van der Waals surface area contributed by atoms with Crippen molar-refractivity contribution >= 4 is 38.9 Å². The minimum atomic E-state index is -3.92. The topological polar surface area (TPSA) is 92.6 Å². The monoisotopic (exact) mass is 538 g/mol. The first-order valence-corrected chi connectivity index (χ1v) is 13.5. The number of ether oxygens (including phenoxy) is 1. The van der Waals surface area contributed by atoms with E-state index in [-0.39, 0.29) is 15.9 Å². The maximum atomic E-state index is 12.9. The summed E-state index contributed by atoms with van der Waals surface area (Å²) in [6, 6.07) is 11.7. The second-order valence-corrected chi connectivity index (χ2v) is 10.9. The quantitative estimate of drug-likeness (QED) is 0.459. The largest absolute Gasteiger partial charge is 0.424 e. The molecule has 2 aromatic carbocycles. The van der Waals surface area contributed by atoms with Crippen molar-refractivity contribution in [2.75, 3.05) is 38.1 Å². The van der Waals surface area contributed by atoms with Crippen LogP contribution in [0.3, 0.4) is 0 Å². The number of anilines is 1. The van der Waals surface area contributed by atoms with Crippen molar-refractivity contribution in [2.24, 2.45) is 0 Å². The maximum absolute atomic E-state index is 12.9. The van der Waals surface area contributed by atoms with Gasteiger partial charge < -0.3 is 14.5 Å². The Morgan fingerprint density at radius 3 is 2.51 bits per heavy atom. The predicted octanol–water partition coefficient (Wildman–Crippen LogP) is 4.19. The van der Waals surface area contributed by atoms with Gasteiger partial charge in [0.2, 0.25) is 10.0 Å². The number of benzene rings is 2. The van der Waals surface area contributed by atoms with Gasteiger partial charge in [0.05, 0.1) is 11.1 Å². The average Bonchev–Trinajstić information content (AvgIpc) is 3.22. The van der Waals surface area contributed by atoms with Gasteiger partial charge in [-0.3, -0.25) is 4.57 Å². The van der Waals surface area contributed by atoms with Crippen molar-refractivity contribution in [3.05, 3.63) is 58.3 Å². The molecule has 1 atom stereocenters. The molecule has 1 aliphatic rings. The zero-order valence-corrected chi connectivity index (χ0v) is 22.1. The van der Waals surface area contributed by atoms with Crippen molar-refractivity contribution in [3.63, 3.8) is 0 Å². The van der Waals surface area contributed by atoms with E-state index in [1.165, 1.54) is 18.2 Å². The van der Waals surface area contributed by atoms with E-state index in [0.717, 1.165) is 31.9 Å². The average molecular weight is 539 g/mol. The van der Waals surface area contributed by atoms with Crippen molar-refractivity contribution in [1.29, 1.82) is 0 Å². The highest BCUT2D eigenvalue weighted by Crippen LogP contribution is 2.29. The third-order valence-corrected chi connectivity index (χ3v) is 8.12. The number of hydrogen-bond acceptors (Lipinski definition) is 7. The molecule has 1 fully saturated rings. The minimum Gasteiger partial charge on any atom is -0.424 e. The van der Waals surface area contributed by atoms with E-state index in [9.17, 15) is 8.42 Å². The molecular formula is C23H28Cl2N6O3S. The number of aromatic nitrogens is 3. The number of hydrogen-bond donors (Lipinski definition) is 1. The molecule has 1 saturated heterocycles. The SMILES string of the molecule is CCn1c(Oc2cccc(N3CCN(C)CC3)c2)nnc1[C@@H](C)NS(=O)(=O)c1ccc(Cl)cc1Cl. The Hall–Kier alpha value is -2.37. The van der Waals surface area contributed by atoms with E-state index >= 15 is 0 Å². The Labute approximate surface area is 215 Å². The van der Waals surface area contributed by atoms with Crippen LogP contribution in [0.25, 0.3) is 0 Å². The van der Waals surface area contributed by atoms with E-state index in [2.05, 4.69) is 37.8 Å². The molecule has 3 aromatic rings. The van der Waals surface area contributed by atoms with E-state index in [4.69, 9.17) is 27.9 Å². The third kappa shape index (κ3) is 5.90. The van der Waals surface area contributed by atoms with Gasteiger partial charge >= 0.3 is 6.01 Å². The summed E-state index contributed by atoms with van der Waals surface area (Å²) in [5.41, 5.74) is 1.08. The molecule has 1 N–H and O–H groups in total. The molecule has 0 saturated carbocycles. The van der Waals surface area contributed by atoms with Gasteiger partial charge in [0.1, 0.15) is 10.6 Å². The van der Waals surface area contributed by atoms with Crippen molar-refractivity contribution < 1.29 is 13.2 Å². The summed E-state index contributed by atoms with van der Waals surface area (Å²) in [6.07, 6.45) is 0. The lowest BCUT2D eigenvalue weighted by Gasteiger charge is -2.34. The standard InChI is InChI=1S/C23H28Cl2N6O3S/c1-4-31-22(16(2)28-35(32,33)21-9-8-17(24)14-20(21)25)26-27-23(31)34-19-7-5-6-18(15-19)30-12-10-29(3)11-13-30/h5-9,14-16,28H,4,10-13H2,1-3H3/t16-/m1/s1. The first kappa shape index (κ1) is 25.7. The van der Waals surface area contributed by atoms with Gasteiger partial charge in [-0.1, -0.05) is 34.4 Å². The highest BCUT2D eigenvalue weighted by Gasteiger charge is 2.26. The highest BCUT2D eigenvalue weighted by atomic mass is 35.5. The van der Waals surface area contributed by atoms with Crippen LogP contribution in [0.2, 0.25) is 10.0 Å². The molecule has 0 radical (unpaired) electrons. The Kier molecular flexibility index (Phi) is 7.87. The molecule has 2 heterocycles. The second-order valence-electron chi connectivity index (χ2n) is 8.39. The number of likely N-dealkylation sites (N-methyl/N-ethyl adjacent to an activating group) is 1. The fourth-order valence-corrected chi connectivity index (χ4v) is 5.92. The Morgan fingerprint density at radius 2 is 1.83 bits per heavy atom. The number of nitrogens with one attached hydrogen (secondary N) is 1. The fraction of sp³-hybridized carbons (Fsp3) is 0.391. The number of rotatable bonds is 8. The minimum absolute atomic E-state index is 0.0402. The maximum Gasteiger partial charge on any atom is 0.322 e. The molecule has 0 unspecified atom stereocenters. The molecule has 9 nitrogen and oxygen atoms in total. The van der Waals surface area contributed by atoms with Gasteiger partial charge in [0, 0.05) is 49.5 Å². The van der Waals surface area contributed by atoms with Crippen molar-refractivity contribution in [2.45, 2.75) is 31.3 Å². The number of halogens is 2. The summed E-state index contributed by atoms with van der Waals surface area (Å²) >= 11 is 12.0. The van der Waals surface area contributed by atoms with E-state index in [1.54, 1.807) is 11.5 Å². The number of piperazine rings is 1. The van der Waals surface area contributed by atoms with Gasteiger partial charge in [0.15, 0.2) is 5.82 Å². The molecule has 0 amide bonds. The molecule has 35 heavy (non-hydrogen) atoms. The Bertz CT molecular complexity index is 1290. The molecule has 0 spiro atoms. The molecule has 0 aliphatic carbocycles. The number of nitrogens with zero attached hydrogens (tertiary/aromatic N) is 5. The molecule has 12 heteroatoms. The van der Waals surface area contributed by atoms with Crippen molar-refractivity contribution in [3.8, 4) is 11.8 Å². The van der Waals surface area contributed by atoms with E-state index in [1.807, 2.05) is 25.1 Å². The van der Waals surface area contributed by atoms with Crippen LogP contribution >= 0.6 is 23.2 Å². The van der Waals surface area contributed by atoms with Crippen LogP contribution in [0.15, 0.2) is 47.4 Å². The van der Waals surface area contributed by atoms with Crippen LogP contribution in [-0.2, 0) is 16.6 Å². The smallest absolute Gasteiger partial charge is 0.322 e. The second kappa shape index (κ2) is 10.7. The summed E-state index contributed by atoms with van der Waals surface area (Å²) in [7, 11) is -1.80. The van der Waals surface area contributed by atoms with Crippen LogP contribution in [0.5, 0.6) is 11.8 Å². The molecular weight excluding hydrogens is 511 g/mol. The zero-order valence-electron chi connectivity index (χ0n) is 19.8. The summed E-state index contributed by atoms with van der Waals surface area (Å²) in [5.74, 6) is 1.06. The molecule has 0 bridgehead atoms. The first-order valence-electron chi connectivity index (χ1n) is 11.3. The molecule has 1 aliphatic heterocycles. The summed E-state index contributed by atoms with van der Waals surface area (Å²) < 4.78 is 36.3. The third-order valence-electron chi connectivity index (χ3n) is 5.86. The lowest BCUT2D eigenvalue weighted by atomic mass is 10.2. The molecule has 188 valence electrons. The Morgan fingerprint density at radius 1 is 1.09 bits per heavy atom. The normalized spacial score (nSPS) is 15.9. The lowest BCUT2D eigenvalue weighted by Crippen LogP contribution is -2.44. The van der Waals surface area contributed by atoms with Gasteiger partial charge in [-0.05, 0) is 51.2 Å². The summed E-state index contributed by atoms with van der Waals surface area (Å²) in [5, 5.41) is 8.78. The molecule has 1 aromatic heterocycles. The van der Waals surface area contributed by atoms with Crippen LogP contribution in [0.1, 0.15) is 25.7 Å².